The van der Waals surface area contributed by atoms with Crippen LogP contribution in [0, 0.1) is 0 Å². The molecule has 3 rings (SSSR count). The average molecular weight is 305 g/mol. The normalized spacial score (nSPS) is 12.4. The van der Waals surface area contributed by atoms with E-state index in [2.05, 4.69) is 53.8 Å². The Kier molecular flexibility index (Phi) is 5.06. The van der Waals surface area contributed by atoms with E-state index in [-0.39, 0.29) is 6.61 Å². The van der Waals surface area contributed by atoms with Gasteiger partial charge < -0.3 is 10.4 Å². The van der Waals surface area contributed by atoms with Gasteiger partial charge in [-0.15, -0.1) is 0 Å². The first-order chi connectivity index (χ1) is 11.3. The van der Waals surface area contributed by atoms with E-state index in [0.29, 0.717) is 5.92 Å². The fraction of sp³-hybridized carbons (Fsp3) is 0.238. The van der Waals surface area contributed by atoms with E-state index in [0.717, 1.165) is 18.5 Å². The summed E-state index contributed by atoms with van der Waals surface area (Å²) >= 11 is 0. The molecule has 118 valence electrons. The zero-order valence-electron chi connectivity index (χ0n) is 13.5. The lowest BCUT2D eigenvalue weighted by Crippen LogP contribution is -2.19. The van der Waals surface area contributed by atoms with Crippen LogP contribution in [-0.2, 0) is 13.0 Å². The summed E-state index contributed by atoms with van der Waals surface area (Å²) < 4.78 is 0. The molecule has 0 aromatic heterocycles. The molecule has 0 amide bonds. The van der Waals surface area contributed by atoms with E-state index >= 15 is 0 Å². The summed E-state index contributed by atoms with van der Waals surface area (Å²) in [6.45, 7) is 1.01. The number of aliphatic hydroxyl groups is 1. The van der Waals surface area contributed by atoms with Crippen LogP contribution in [0.5, 0.6) is 0 Å². The Morgan fingerprint density at radius 1 is 0.870 bits per heavy atom. The highest BCUT2D eigenvalue weighted by molar-refractivity contribution is 5.83. The molecule has 0 aliphatic rings. The van der Waals surface area contributed by atoms with Crippen LogP contribution < -0.4 is 5.32 Å². The molecule has 2 N–H and O–H groups in total. The highest BCUT2D eigenvalue weighted by Gasteiger charge is 2.14. The van der Waals surface area contributed by atoms with Gasteiger partial charge in [0.1, 0.15) is 0 Å². The lowest BCUT2D eigenvalue weighted by Gasteiger charge is -2.19. The molecule has 2 heteroatoms. The van der Waals surface area contributed by atoms with Crippen molar-refractivity contribution >= 4 is 10.8 Å². The molecule has 0 heterocycles. The minimum absolute atomic E-state index is 0.0974. The standard InChI is InChI=1S/C21H23NO/c1-22-14-21(13-18-8-4-5-9-20(18)15-23)19-11-10-16-6-2-3-7-17(16)12-19/h2-12,21-23H,13-15H2,1H3. The molecule has 1 unspecified atom stereocenters. The molecule has 0 saturated carbocycles. The fourth-order valence-electron chi connectivity index (χ4n) is 3.19. The molecule has 1 atom stereocenters. The Morgan fingerprint density at radius 3 is 2.30 bits per heavy atom. The van der Waals surface area contributed by atoms with Gasteiger partial charge in [-0.1, -0.05) is 66.7 Å². The van der Waals surface area contributed by atoms with Crippen LogP contribution in [-0.4, -0.2) is 18.7 Å². The van der Waals surface area contributed by atoms with Crippen LogP contribution in [0.25, 0.3) is 10.8 Å². The highest BCUT2D eigenvalue weighted by Crippen LogP contribution is 2.26. The van der Waals surface area contributed by atoms with Crippen molar-refractivity contribution < 1.29 is 5.11 Å². The second kappa shape index (κ2) is 7.40. The zero-order chi connectivity index (χ0) is 16.1. The minimum atomic E-state index is 0.0974. The predicted octanol–water partition coefficient (Wildman–Crippen LogP) is 3.88. The van der Waals surface area contributed by atoms with Gasteiger partial charge >= 0.3 is 0 Å². The van der Waals surface area contributed by atoms with Crippen LogP contribution in [0.4, 0.5) is 0 Å². The van der Waals surface area contributed by atoms with Crippen molar-refractivity contribution in [3.63, 3.8) is 0 Å². The molecule has 0 aliphatic carbocycles. The molecule has 0 fully saturated rings. The maximum atomic E-state index is 9.56. The first kappa shape index (κ1) is 15.7. The van der Waals surface area contributed by atoms with Crippen LogP contribution in [0.2, 0.25) is 0 Å². The molecule has 3 aromatic carbocycles. The Bertz CT molecular complexity index is 781. The van der Waals surface area contributed by atoms with Crippen molar-refractivity contribution in [3.05, 3.63) is 83.4 Å². The van der Waals surface area contributed by atoms with Gasteiger partial charge in [0.15, 0.2) is 0 Å². The maximum absolute atomic E-state index is 9.56. The number of nitrogens with one attached hydrogen (secondary N) is 1. The second-order valence-corrected chi connectivity index (χ2v) is 5.99. The van der Waals surface area contributed by atoms with Crippen molar-refractivity contribution in [3.8, 4) is 0 Å². The molecule has 23 heavy (non-hydrogen) atoms. The Morgan fingerprint density at radius 2 is 1.57 bits per heavy atom. The van der Waals surface area contributed by atoms with E-state index in [1.165, 1.54) is 21.9 Å². The van der Waals surface area contributed by atoms with Crippen molar-refractivity contribution in [2.45, 2.75) is 18.9 Å². The van der Waals surface area contributed by atoms with Gasteiger partial charge in [0.2, 0.25) is 0 Å². The molecule has 0 bridgehead atoms. The van der Waals surface area contributed by atoms with Gasteiger partial charge in [0.05, 0.1) is 6.61 Å². The Hall–Kier alpha value is -2.16. The van der Waals surface area contributed by atoms with Crippen molar-refractivity contribution in [2.75, 3.05) is 13.6 Å². The summed E-state index contributed by atoms with van der Waals surface area (Å²) in [5.74, 6) is 0.386. The van der Waals surface area contributed by atoms with Gasteiger partial charge in [-0.2, -0.15) is 0 Å². The van der Waals surface area contributed by atoms with Crippen LogP contribution in [0.1, 0.15) is 22.6 Å². The third-order valence-electron chi connectivity index (χ3n) is 4.45. The van der Waals surface area contributed by atoms with Crippen molar-refractivity contribution in [1.29, 1.82) is 0 Å². The number of benzene rings is 3. The van der Waals surface area contributed by atoms with Gasteiger partial charge in [-0.25, -0.2) is 0 Å². The molecule has 0 spiro atoms. The molecule has 3 aromatic rings. The number of fused-ring (bicyclic) bond motifs is 1. The molecule has 2 nitrogen and oxygen atoms in total. The summed E-state index contributed by atoms with van der Waals surface area (Å²) in [6, 6.07) is 23.3. The SMILES string of the molecule is CNCC(Cc1ccccc1CO)c1ccc2ccccc2c1. The lowest BCUT2D eigenvalue weighted by molar-refractivity contribution is 0.280. The molecule has 0 saturated heterocycles. The topological polar surface area (TPSA) is 32.3 Å². The number of aliphatic hydroxyl groups excluding tert-OH is 1. The summed E-state index contributed by atoms with van der Waals surface area (Å²) in [6.07, 6.45) is 0.927. The van der Waals surface area contributed by atoms with E-state index in [4.69, 9.17) is 0 Å². The minimum Gasteiger partial charge on any atom is -0.392 e. The van der Waals surface area contributed by atoms with Crippen molar-refractivity contribution in [2.24, 2.45) is 0 Å². The second-order valence-electron chi connectivity index (χ2n) is 5.99. The van der Waals surface area contributed by atoms with E-state index in [1.807, 2.05) is 25.2 Å². The largest absolute Gasteiger partial charge is 0.392 e. The lowest BCUT2D eigenvalue weighted by atomic mass is 9.89. The molecular formula is C21H23NO. The highest BCUT2D eigenvalue weighted by atomic mass is 16.3. The van der Waals surface area contributed by atoms with Gasteiger partial charge in [-0.3, -0.25) is 0 Å². The quantitative estimate of drug-likeness (QED) is 0.724. The summed E-state index contributed by atoms with van der Waals surface area (Å²) in [7, 11) is 1.99. The van der Waals surface area contributed by atoms with Crippen LogP contribution in [0.15, 0.2) is 66.7 Å². The zero-order valence-corrected chi connectivity index (χ0v) is 13.5. The van der Waals surface area contributed by atoms with Crippen LogP contribution >= 0.6 is 0 Å². The van der Waals surface area contributed by atoms with Crippen LogP contribution in [0.3, 0.4) is 0 Å². The van der Waals surface area contributed by atoms with E-state index in [1.54, 1.807) is 0 Å². The Labute approximate surface area is 137 Å². The molecular weight excluding hydrogens is 282 g/mol. The first-order valence-electron chi connectivity index (χ1n) is 8.12. The van der Waals surface area contributed by atoms with E-state index < -0.39 is 0 Å². The fourth-order valence-corrected chi connectivity index (χ4v) is 3.19. The van der Waals surface area contributed by atoms with Gasteiger partial charge in [0.25, 0.3) is 0 Å². The maximum Gasteiger partial charge on any atom is 0.0684 e. The van der Waals surface area contributed by atoms with Gasteiger partial charge in [-0.05, 0) is 40.9 Å². The average Bonchev–Trinajstić information content (AvgIpc) is 2.61. The first-order valence-corrected chi connectivity index (χ1v) is 8.12. The summed E-state index contributed by atoms with van der Waals surface area (Å²) in [4.78, 5) is 0. The van der Waals surface area contributed by atoms with E-state index in [9.17, 15) is 5.11 Å². The van der Waals surface area contributed by atoms with Crippen molar-refractivity contribution in [1.82, 2.24) is 5.32 Å². The number of hydrogen-bond acceptors (Lipinski definition) is 2. The summed E-state index contributed by atoms with van der Waals surface area (Å²) in [5, 5.41) is 15.4. The molecule has 0 aliphatic heterocycles. The Balaban J connectivity index is 1.93. The predicted molar refractivity (Wildman–Crippen MR) is 96.7 cm³/mol. The smallest absolute Gasteiger partial charge is 0.0684 e. The third kappa shape index (κ3) is 3.61. The number of likely N-dealkylation sites (N-methyl/N-ethyl adjacent to an activating group) is 1. The van der Waals surface area contributed by atoms with Gasteiger partial charge in [0, 0.05) is 12.5 Å². The molecule has 0 radical (unpaired) electrons. The third-order valence-corrected chi connectivity index (χ3v) is 4.45. The number of rotatable bonds is 6. The number of hydrogen-bond donors (Lipinski definition) is 2. The summed E-state index contributed by atoms with van der Waals surface area (Å²) in [5.41, 5.74) is 3.59. The monoisotopic (exact) mass is 305 g/mol.